The maximum atomic E-state index is 13.4. The summed E-state index contributed by atoms with van der Waals surface area (Å²) in [6, 6.07) is 12.7. The van der Waals surface area contributed by atoms with Gasteiger partial charge in [0.05, 0.1) is 6.04 Å². The summed E-state index contributed by atoms with van der Waals surface area (Å²) in [6.45, 7) is 4.38. The van der Waals surface area contributed by atoms with Crippen LogP contribution in [0, 0.1) is 18.8 Å². The predicted octanol–water partition coefficient (Wildman–Crippen LogP) is 4.69. The number of rotatable bonds is 5. The van der Waals surface area contributed by atoms with E-state index in [0.29, 0.717) is 17.7 Å². The van der Waals surface area contributed by atoms with Crippen molar-refractivity contribution >= 4 is 12.0 Å². The SMILES string of the molecule is Cc1cccc(C=CC(=O)N(C)[C@@H]2CC[C@H]3[C@H]4Cc5ccc(O)c6c5[C@@]3(CCN4CC3CC3)[C@H]2O6)c1. The van der Waals surface area contributed by atoms with E-state index in [9.17, 15) is 9.90 Å². The lowest BCUT2D eigenvalue weighted by molar-refractivity contribution is -0.135. The zero-order valence-electron chi connectivity index (χ0n) is 21.3. The fourth-order valence-corrected chi connectivity index (χ4v) is 8.08. The average Bonchev–Trinajstić information content (AvgIpc) is 3.62. The summed E-state index contributed by atoms with van der Waals surface area (Å²) >= 11 is 0. The largest absolute Gasteiger partial charge is 0.504 e. The number of piperidine rings is 1. The number of aromatic hydroxyl groups is 1. The van der Waals surface area contributed by atoms with E-state index in [2.05, 4.69) is 30.0 Å². The van der Waals surface area contributed by atoms with Gasteiger partial charge < -0.3 is 14.7 Å². The number of amides is 1. The number of carbonyl (C=O) groups excluding carboxylic acids is 1. The van der Waals surface area contributed by atoms with Crippen LogP contribution in [0.5, 0.6) is 11.5 Å². The van der Waals surface area contributed by atoms with Gasteiger partial charge in [-0.15, -0.1) is 0 Å². The molecular formula is C31H36N2O3. The van der Waals surface area contributed by atoms with E-state index in [1.807, 2.05) is 36.2 Å². The van der Waals surface area contributed by atoms with Crippen molar-refractivity contribution in [2.24, 2.45) is 11.8 Å². The number of carbonyl (C=O) groups is 1. The third kappa shape index (κ3) is 3.28. The molecule has 5 nitrogen and oxygen atoms in total. The van der Waals surface area contributed by atoms with Crippen molar-refractivity contribution in [3.05, 3.63) is 64.7 Å². The summed E-state index contributed by atoms with van der Waals surface area (Å²) in [5, 5.41) is 10.8. The smallest absolute Gasteiger partial charge is 0.246 e. The number of phenolic OH excluding ortho intramolecular Hbond substituents is 1. The molecule has 2 bridgehead atoms. The Labute approximate surface area is 213 Å². The second kappa shape index (κ2) is 8.11. The van der Waals surface area contributed by atoms with E-state index < -0.39 is 0 Å². The van der Waals surface area contributed by atoms with Crippen LogP contribution in [0.25, 0.3) is 6.08 Å². The van der Waals surface area contributed by atoms with Gasteiger partial charge in [0.1, 0.15) is 6.10 Å². The van der Waals surface area contributed by atoms with Gasteiger partial charge in [-0.2, -0.15) is 0 Å². The number of hydrogen-bond donors (Lipinski definition) is 1. The van der Waals surface area contributed by atoms with Gasteiger partial charge in [-0.3, -0.25) is 9.69 Å². The van der Waals surface area contributed by atoms with Crippen LogP contribution in [0.2, 0.25) is 0 Å². The number of ether oxygens (including phenoxy) is 1. The van der Waals surface area contributed by atoms with Crippen LogP contribution in [0.4, 0.5) is 0 Å². The molecule has 1 N–H and O–H groups in total. The molecule has 2 heterocycles. The van der Waals surface area contributed by atoms with E-state index >= 15 is 0 Å². The minimum Gasteiger partial charge on any atom is -0.504 e. The summed E-state index contributed by atoms with van der Waals surface area (Å²) in [4.78, 5) is 18.1. The fourth-order valence-electron chi connectivity index (χ4n) is 8.08. The van der Waals surface area contributed by atoms with Gasteiger partial charge in [-0.25, -0.2) is 0 Å². The molecular weight excluding hydrogens is 448 g/mol. The van der Waals surface area contributed by atoms with Gasteiger partial charge in [0.25, 0.3) is 0 Å². The highest BCUT2D eigenvalue weighted by molar-refractivity contribution is 5.92. The van der Waals surface area contributed by atoms with Crippen molar-refractivity contribution in [1.82, 2.24) is 9.80 Å². The topological polar surface area (TPSA) is 53.0 Å². The van der Waals surface area contributed by atoms with Gasteiger partial charge in [-0.1, -0.05) is 35.9 Å². The molecule has 2 aromatic carbocycles. The maximum absolute atomic E-state index is 13.4. The molecule has 2 aliphatic heterocycles. The zero-order chi connectivity index (χ0) is 24.6. The third-order valence-corrected chi connectivity index (χ3v) is 9.90. The van der Waals surface area contributed by atoms with Gasteiger partial charge in [0.2, 0.25) is 5.91 Å². The van der Waals surface area contributed by atoms with Crippen molar-refractivity contribution in [2.75, 3.05) is 20.1 Å². The van der Waals surface area contributed by atoms with Crippen LogP contribution in [-0.4, -0.2) is 59.1 Å². The second-order valence-electron chi connectivity index (χ2n) is 11.9. The lowest BCUT2D eigenvalue weighted by Gasteiger charge is -2.60. The number of nitrogens with zero attached hydrogens (tertiary/aromatic N) is 2. The van der Waals surface area contributed by atoms with Gasteiger partial charge in [-0.05, 0) is 87.1 Å². The Bertz CT molecular complexity index is 1250. The summed E-state index contributed by atoms with van der Waals surface area (Å²) < 4.78 is 6.71. The van der Waals surface area contributed by atoms with E-state index in [-0.39, 0.29) is 29.2 Å². The molecule has 2 saturated carbocycles. The quantitative estimate of drug-likeness (QED) is 0.626. The molecule has 3 aliphatic carbocycles. The van der Waals surface area contributed by atoms with Crippen LogP contribution in [0.3, 0.4) is 0 Å². The van der Waals surface area contributed by atoms with Crippen molar-refractivity contribution in [3.63, 3.8) is 0 Å². The molecule has 36 heavy (non-hydrogen) atoms. The number of benzene rings is 2. The Morgan fingerprint density at radius 1 is 1.22 bits per heavy atom. The van der Waals surface area contributed by atoms with Crippen LogP contribution < -0.4 is 4.74 Å². The number of likely N-dealkylation sites (N-methyl/N-ethyl adjacent to an activating group) is 1. The number of phenols is 1. The van der Waals surface area contributed by atoms with Crippen LogP contribution in [0.15, 0.2) is 42.5 Å². The Balaban J connectivity index is 1.22. The van der Waals surface area contributed by atoms with E-state index in [1.54, 1.807) is 6.08 Å². The Morgan fingerprint density at radius 2 is 2.08 bits per heavy atom. The van der Waals surface area contributed by atoms with Gasteiger partial charge in [0.15, 0.2) is 11.5 Å². The molecule has 5 atom stereocenters. The molecule has 1 saturated heterocycles. The van der Waals surface area contributed by atoms with Crippen molar-refractivity contribution in [3.8, 4) is 11.5 Å². The zero-order valence-corrected chi connectivity index (χ0v) is 21.3. The standard InChI is InChI=1S/C31H36N2O3/c1-19-4-3-5-20(16-19)8-13-27(35)32(2)24-11-10-23-25-17-22-9-12-26(34)29-28(22)31(23,30(24)36-29)14-15-33(25)18-21-6-7-21/h3-5,8-9,12-13,16,21,23-25,30,34H,6-7,10-11,14-15,17-18H2,1-2H3/t23-,24+,25+,30-,31-/m0/s1. The highest BCUT2D eigenvalue weighted by Gasteiger charge is 2.66. The first-order chi connectivity index (χ1) is 17.5. The minimum atomic E-state index is -0.107. The summed E-state index contributed by atoms with van der Waals surface area (Å²) in [5.41, 5.74) is 4.73. The monoisotopic (exact) mass is 484 g/mol. The molecule has 3 fully saturated rings. The summed E-state index contributed by atoms with van der Waals surface area (Å²) in [5.74, 6) is 2.36. The van der Waals surface area contributed by atoms with Gasteiger partial charge in [0, 0.05) is 36.7 Å². The molecule has 5 heteroatoms. The van der Waals surface area contributed by atoms with Crippen molar-refractivity contribution < 1.29 is 14.6 Å². The summed E-state index contributed by atoms with van der Waals surface area (Å²) in [7, 11) is 1.93. The van der Waals surface area contributed by atoms with Crippen molar-refractivity contribution in [2.45, 2.75) is 69.1 Å². The normalized spacial score (nSPS) is 32.3. The molecule has 188 valence electrons. The van der Waals surface area contributed by atoms with Crippen LogP contribution >= 0.6 is 0 Å². The molecule has 0 aromatic heterocycles. The van der Waals surface area contributed by atoms with Crippen LogP contribution in [0.1, 0.15) is 54.4 Å². The Morgan fingerprint density at radius 3 is 2.89 bits per heavy atom. The number of aryl methyl sites for hydroxylation is 1. The Hall–Kier alpha value is -2.79. The molecule has 5 aliphatic rings. The fraction of sp³-hybridized carbons (Fsp3) is 0.516. The van der Waals surface area contributed by atoms with Gasteiger partial charge >= 0.3 is 0 Å². The molecule has 1 spiro atoms. The summed E-state index contributed by atoms with van der Waals surface area (Å²) in [6.07, 6.45) is 10.4. The highest BCUT2D eigenvalue weighted by Crippen LogP contribution is 2.64. The number of likely N-dealkylation sites (tertiary alicyclic amines) is 1. The second-order valence-corrected chi connectivity index (χ2v) is 11.9. The van der Waals surface area contributed by atoms with Crippen LogP contribution in [-0.2, 0) is 16.6 Å². The first-order valence-corrected chi connectivity index (χ1v) is 13.7. The van der Waals surface area contributed by atoms with E-state index in [4.69, 9.17) is 4.74 Å². The molecule has 2 aromatic rings. The highest BCUT2D eigenvalue weighted by atomic mass is 16.5. The molecule has 0 unspecified atom stereocenters. The first kappa shape index (κ1) is 22.4. The minimum absolute atomic E-state index is 0.00992. The lowest BCUT2D eigenvalue weighted by atomic mass is 9.51. The Kier molecular flexibility index (Phi) is 5.05. The van der Waals surface area contributed by atoms with E-state index in [1.165, 1.54) is 36.1 Å². The van der Waals surface area contributed by atoms with E-state index in [0.717, 1.165) is 43.7 Å². The first-order valence-electron chi connectivity index (χ1n) is 13.7. The average molecular weight is 485 g/mol. The molecule has 7 rings (SSSR count). The molecule has 0 radical (unpaired) electrons. The number of hydrogen-bond acceptors (Lipinski definition) is 4. The lowest BCUT2D eigenvalue weighted by Crippen LogP contribution is -2.69. The van der Waals surface area contributed by atoms with Crippen molar-refractivity contribution in [1.29, 1.82) is 0 Å². The molecule has 1 amide bonds. The predicted molar refractivity (Wildman–Crippen MR) is 140 cm³/mol. The third-order valence-electron chi connectivity index (χ3n) is 9.90. The maximum Gasteiger partial charge on any atom is 0.246 e.